The van der Waals surface area contributed by atoms with Crippen LogP contribution in [0.4, 0.5) is 0 Å². The average Bonchev–Trinajstić information content (AvgIpc) is 2.98. The smallest absolute Gasteiger partial charge is 0.283 e. The van der Waals surface area contributed by atoms with Gasteiger partial charge in [-0.3, -0.25) is 4.79 Å². The third-order valence-electron chi connectivity index (χ3n) is 2.93. The molecular formula is C13H13N5O2. The normalized spacial score (nSPS) is 10.8. The topological polar surface area (TPSA) is 85.7 Å². The van der Waals surface area contributed by atoms with Gasteiger partial charge in [0.2, 0.25) is 0 Å². The van der Waals surface area contributed by atoms with Crippen LogP contribution < -0.4 is 10.4 Å². The van der Waals surface area contributed by atoms with Crippen molar-refractivity contribution < 1.29 is 4.84 Å². The number of aromatic nitrogens is 5. The third-order valence-corrected chi connectivity index (χ3v) is 2.93. The number of tetrazole rings is 1. The zero-order valence-electron chi connectivity index (χ0n) is 10.7. The number of nitrogens with zero attached hydrogens (tertiary/aromatic N) is 4. The van der Waals surface area contributed by atoms with Crippen LogP contribution >= 0.6 is 0 Å². The van der Waals surface area contributed by atoms with E-state index in [1.54, 1.807) is 6.07 Å². The van der Waals surface area contributed by atoms with Crippen LogP contribution in [0.1, 0.15) is 12.2 Å². The molecule has 0 aliphatic rings. The van der Waals surface area contributed by atoms with Gasteiger partial charge < -0.3 is 4.84 Å². The minimum absolute atomic E-state index is 0.176. The number of hydrogen-bond acceptors (Lipinski definition) is 5. The van der Waals surface area contributed by atoms with E-state index in [4.69, 9.17) is 4.84 Å². The van der Waals surface area contributed by atoms with Crippen LogP contribution in [0.2, 0.25) is 0 Å². The van der Waals surface area contributed by atoms with Gasteiger partial charge in [-0.1, -0.05) is 18.2 Å². The number of benzene rings is 1. The van der Waals surface area contributed by atoms with E-state index in [1.165, 1.54) is 10.8 Å². The Hall–Kier alpha value is -2.70. The summed E-state index contributed by atoms with van der Waals surface area (Å²) in [5.41, 5.74) is 0.589. The summed E-state index contributed by atoms with van der Waals surface area (Å²) in [6, 6.07) is 10.9. The number of hydrogen-bond donors (Lipinski definition) is 1. The summed E-state index contributed by atoms with van der Waals surface area (Å²) in [6.07, 6.45) is 1.39. The maximum atomic E-state index is 11.9. The fourth-order valence-corrected chi connectivity index (χ4v) is 1.97. The second kappa shape index (κ2) is 5.52. The Morgan fingerprint density at radius 3 is 2.95 bits per heavy atom. The number of nitrogens with one attached hydrogen (secondary N) is 1. The Bertz CT molecular complexity index is 751. The molecule has 0 radical (unpaired) electrons. The van der Waals surface area contributed by atoms with Gasteiger partial charge in [-0.15, -0.1) is 9.83 Å². The van der Waals surface area contributed by atoms with E-state index in [-0.39, 0.29) is 5.56 Å². The van der Waals surface area contributed by atoms with Crippen molar-refractivity contribution in [2.24, 2.45) is 0 Å². The number of aryl methyl sites for hydroxylation is 1. The molecule has 3 aromatic rings. The van der Waals surface area contributed by atoms with Gasteiger partial charge in [-0.25, -0.2) is 5.10 Å². The highest BCUT2D eigenvalue weighted by Gasteiger charge is 2.03. The van der Waals surface area contributed by atoms with Crippen molar-refractivity contribution in [2.45, 2.75) is 12.8 Å². The van der Waals surface area contributed by atoms with Gasteiger partial charge in [0.25, 0.3) is 5.56 Å². The molecule has 0 amide bonds. The molecule has 20 heavy (non-hydrogen) atoms. The zero-order valence-corrected chi connectivity index (χ0v) is 10.7. The number of fused-ring (bicyclic) bond motifs is 1. The Labute approximate surface area is 114 Å². The van der Waals surface area contributed by atoms with Gasteiger partial charge >= 0.3 is 0 Å². The molecule has 1 aromatic carbocycles. The van der Waals surface area contributed by atoms with Gasteiger partial charge in [0.1, 0.15) is 12.4 Å². The van der Waals surface area contributed by atoms with E-state index >= 15 is 0 Å². The maximum absolute atomic E-state index is 11.9. The summed E-state index contributed by atoms with van der Waals surface area (Å²) in [4.78, 5) is 17.4. The molecule has 0 unspecified atom stereocenters. The molecule has 0 saturated carbocycles. The zero-order chi connectivity index (χ0) is 13.8. The fourth-order valence-electron chi connectivity index (χ4n) is 1.97. The summed E-state index contributed by atoms with van der Waals surface area (Å²) < 4.78 is 1.33. The summed E-state index contributed by atoms with van der Waals surface area (Å²) in [7, 11) is 0. The van der Waals surface area contributed by atoms with Crippen molar-refractivity contribution in [3.8, 4) is 0 Å². The Morgan fingerprint density at radius 2 is 2.10 bits per heavy atom. The molecule has 7 heteroatoms. The third kappa shape index (κ3) is 2.51. The fraction of sp³-hybridized carbons (Fsp3) is 0.231. The van der Waals surface area contributed by atoms with Crippen molar-refractivity contribution in [2.75, 3.05) is 6.61 Å². The van der Waals surface area contributed by atoms with Crippen LogP contribution in [0.3, 0.4) is 0 Å². The first-order valence-corrected chi connectivity index (χ1v) is 6.31. The van der Waals surface area contributed by atoms with Gasteiger partial charge in [0, 0.05) is 17.9 Å². The summed E-state index contributed by atoms with van der Waals surface area (Å²) in [5, 5.41) is 14.4. The number of aromatic amines is 1. The molecule has 0 aliphatic heterocycles. The van der Waals surface area contributed by atoms with E-state index in [2.05, 4.69) is 20.6 Å². The number of rotatable bonds is 5. The van der Waals surface area contributed by atoms with E-state index in [0.29, 0.717) is 25.3 Å². The number of H-pyrrole nitrogens is 1. The lowest BCUT2D eigenvalue weighted by Gasteiger charge is -2.10. The lowest BCUT2D eigenvalue weighted by molar-refractivity contribution is 0.110. The van der Waals surface area contributed by atoms with Crippen LogP contribution in [-0.4, -0.2) is 32.0 Å². The SMILES string of the molecule is O=c1ccc2ccccc2n1OCCCc1nnn[nH]1. The monoisotopic (exact) mass is 271 g/mol. The Kier molecular flexibility index (Phi) is 3.40. The van der Waals surface area contributed by atoms with Crippen LogP contribution in [0.5, 0.6) is 0 Å². The first-order chi connectivity index (χ1) is 9.84. The Morgan fingerprint density at radius 1 is 1.20 bits per heavy atom. The minimum atomic E-state index is -0.176. The van der Waals surface area contributed by atoms with Crippen molar-refractivity contribution in [1.82, 2.24) is 25.4 Å². The largest absolute Gasteiger partial charge is 0.410 e. The van der Waals surface area contributed by atoms with E-state index in [0.717, 1.165) is 10.9 Å². The number of pyridine rings is 1. The van der Waals surface area contributed by atoms with E-state index in [9.17, 15) is 4.79 Å². The van der Waals surface area contributed by atoms with Crippen molar-refractivity contribution in [3.63, 3.8) is 0 Å². The molecule has 0 spiro atoms. The molecule has 0 bridgehead atoms. The highest BCUT2D eigenvalue weighted by atomic mass is 16.7. The quantitative estimate of drug-likeness (QED) is 0.686. The first kappa shape index (κ1) is 12.3. The summed E-state index contributed by atoms with van der Waals surface area (Å²) in [6.45, 7) is 0.411. The second-order valence-corrected chi connectivity index (χ2v) is 4.31. The van der Waals surface area contributed by atoms with Crippen molar-refractivity contribution in [1.29, 1.82) is 0 Å². The summed E-state index contributed by atoms with van der Waals surface area (Å²) in [5.74, 6) is 0.707. The van der Waals surface area contributed by atoms with Gasteiger partial charge in [0.05, 0.1) is 5.52 Å². The lowest BCUT2D eigenvalue weighted by atomic mass is 10.2. The molecule has 1 N–H and O–H groups in total. The van der Waals surface area contributed by atoms with Gasteiger partial charge in [0.15, 0.2) is 0 Å². The van der Waals surface area contributed by atoms with E-state index < -0.39 is 0 Å². The minimum Gasteiger partial charge on any atom is -0.410 e. The van der Waals surface area contributed by atoms with Crippen molar-refractivity contribution >= 4 is 10.9 Å². The maximum Gasteiger partial charge on any atom is 0.283 e. The van der Waals surface area contributed by atoms with Gasteiger partial charge in [-0.2, -0.15) is 0 Å². The predicted molar refractivity (Wildman–Crippen MR) is 72.2 cm³/mol. The van der Waals surface area contributed by atoms with Crippen molar-refractivity contribution in [3.05, 3.63) is 52.6 Å². The molecular weight excluding hydrogens is 258 g/mol. The number of para-hydroxylation sites is 1. The summed E-state index contributed by atoms with van der Waals surface area (Å²) >= 11 is 0. The van der Waals surface area contributed by atoms with Crippen LogP contribution in [0, 0.1) is 0 Å². The van der Waals surface area contributed by atoms with Crippen LogP contribution in [0.25, 0.3) is 10.9 Å². The molecule has 7 nitrogen and oxygen atoms in total. The average molecular weight is 271 g/mol. The van der Waals surface area contributed by atoms with Gasteiger partial charge in [-0.05, 0) is 29.0 Å². The highest BCUT2D eigenvalue weighted by Crippen LogP contribution is 2.09. The highest BCUT2D eigenvalue weighted by molar-refractivity contribution is 5.78. The molecule has 2 heterocycles. The molecule has 0 fully saturated rings. The first-order valence-electron chi connectivity index (χ1n) is 6.31. The van der Waals surface area contributed by atoms with Crippen LogP contribution in [0.15, 0.2) is 41.2 Å². The molecule has 102 valence electrons. The van der Waals surface area contributed by atoms with Crippen LogP contribution in [-0.2, 0) is 6.42 Å². The molecule has 2 aromatic heterocycles. The second-order valence-electron chi connectivity index (χ2n) is 4.31. The molecule has 0 aliphatic carbocycles. The molecule has 3 rings (SSSR count). The van der Waals surface area contributed by atoms with E-state index in [1.807, 2.05) is 24.3 Å². The lowest BCUT2D eigenvalue weighted by Crippen LogP contribution is -2.27. The molecule has 0 saturated heterocycles. The standard InChI is InChI=1S/C13H13N5O2/c19-13-8-7-10-4-1-2-5-11(10)18(13)20-9-3-6-12-14-16-17-15-12/h1-2,4-5,7-8H,3,6,9H2,(H,14,15,16,17). The Balaban J connectivity index is 1.71. The predicted octanol–water partition coefficient (Wildman–Crippen LogP) is 0.576. The molecule has 0 atom stereocenters.